The molecular weight excluding hydrogens is 244 g/mol. The fourth-order valence-corrected chi connectivity index (χ4v) is 2.09. The van der Waals surface area contributed by atoms with Crippen molar-refractivity contribution < 1.29 is 9.84 Å². The number of ether oxygens (including phenoxy) is 1. The molecule has 0 radical (unpaired) electrons. The van der Waals surface area contributed by atoms with E-state index in [1.807, 2.05) is 13.1 Å². The molecular formula is C13H22N4O2. The van der Waals surface area contributed by atoms with Gasteiger partial charge in [-0.15, -0.1) is 0 Å². The number of nitrogens with one attached hydrogen (secondary N) is 1. The van der Waals surface area contributed by atoms with Crippen molar-refractivity contribution in [1.29, 1.82) is 0 Å². The summed E-state index contributed by atoms with van der Waals surface area (Å²) in [4.78, 5) is 11.2. The predicted octanol–water partition coefficient (Wildman–Crippen LogP) is 0.839. The highest BCUT2D eigenvalue weighted by Gasteiger charge is 2.24. The monoisotopic (exact) mass is 266 g/mol. The van der Waals surface area contributed by atoms with Gasteiger partial charge in [-0.05, 0) is 0 Å². The topological polar surface area (TPSA) is 70.5 Å². The van der Waals surface area contributed by atoms with Gasteiger partial charge in [0.1, 0.15) is 17.5 Å². The lowest BCUT2D eigenvalue weighted by atomic mass is 10.2. The molecule has 0 saturated carbocycles. The highest BCUT2D eigenvalue weighted by Crippen LogP contribution is 2.22. The second kappa shape index (κ2) is 6.16. The summed E-state index contributed by atoms with van der Waals surface area (Å²) in [5, 5.41) is 12.5. The van der Waals surface area contributed by atoms with Crippen LogP contribution in [0.3, 0.4) is 0 Å². The molecule has 6 nitrogen and oxygen atoms in total. The summed E-state index contributed by atoms with van der Waals surface area (Å²) >= 11 is 0. The molecule has 2 heterocycles. The highest BCUT2D eigenvalue weighted by molar-refractivity contribution is 5.50. The maximum Gasteiger partial charge on any atom is 0.135 e. The first-order valence-electron chi connectivity index (χ1n) is 6.67. The highest BCUT2D eigenvalue weighted by atomic mass is 16.5. The van der Waals surface area contributed by atoms with E-state index in [1.165, 1.54) is 0 Å². The van der Waals surface area contributed by atoms with Gasteiger partial charge < -0.3 is 20.1 Å². The molecule has 2 N–H and O–H groups in total. The molecule has 0 aliphatic carbocycles. The number of hydrogen-bond donors (Lipinski definition) is 2. The van der Waals surface area contributed by atoms with Crippen LogP contribution in [0.1, 0.15) is 25.6 Å². The molecule has 1 fully saturated rings. The van der Waals surface area contributed by atoms with Crippen LogP contribution in [0.4, 0.5) is 11.6 Å². The normalized spacial score (nSPS) is 19.8. The minimum Gasteiger partial charge on any atom is -0.394 e. The quantitative estimate of drug-likeness (QED) is 0.841. The van der Waals surface area contributed by atoms with Crippen molar-refractivity contribution >= 4 is 11.6 Å². The first kappa shape index (κ1) is 14.0. The molecule has 1 aliphatic rings. The largest absolute Gasteiger partial charge is 0.394 e. The predicted molar refractivity (Wildman–Crippen MR) is 74.7 cm³/mol. The Hall–Kier alpha value is -1.40. The van der Waals surface area contributed by atoms with Crippen LogP contribution in [-0.2, 0) is 4.74 Å². The van der Waals surface area contributed by atoms with Gasteiger partial charge in [-0.1, -0.05) is 13.8 Å². The van der Waals surface area contributed by atoms with E-state index in [1.54, 1.807) is 0 Å². The molecule has 1 aromatic rings. The van der Waals surface area contributed by atoms with Gasteiger partial charge in [0, 0.05) is 25.6 Å². The summed E-state index contributed by atoms with van der Waals surface area (Å²) in [5.41, 5.74) is 0. The Kier molecular flexibility index (Phi) is 4.55. The van der Waals surface area contributed by atoms with Crippen LogP contribution in [0.2, 0.25) is 0 Å². The third-order valence-electron chi connectivity index (χ3n) is 3.24. The van der Waals surface area contributed by atoms with Gasteiger partial charge in [0.15, 0.2) is 0 Å². The standard InChI is InChI=1S/C13H22N4O2/c1-9(2)13-15-11(14-3)6-12(16-13)17-4-5-19-8-10(17)7-18/h6,9-10,18H,4-5,7-8H2,1-3H3,(H,14,15,16). The number of nitrogens with zero attached hydrogens (tertiary/aromatic N) is 3. The third kappa shape index (κ3) is 3.13. The molecule has 1 unspecified atom stereocenters. The molecule has 19 heavy (non-hydrogen) atoms. The molecule has 0 aromatic carbocycles. The zero-order valence-corrected chi connectivity index (χ0v) is 11.8. The van der Waals surface area contributed by atoms with E-state index in [4.69, 9.17) is 4.74 Å². The van der Waals surface area contributed by atoms with Crippen molar-refractivity contribution in [1.82, 2.24) is 9.97 Å². The van der Waals surface area contributed by atoms with E-state index < -0.39 is 0 Å². The van der Waals surface area contributed by atoms with E-state index >= 15 is 0 Å². The summed E-state index contributed by atoms with van der Waals surface area (Å²) in [6.07, 6.45) is 0. The van der Waals surface area contributed by atoms with Crippen LogP contribution in [0.15, 0.2) is 6.07 Å². The number of anilines is 2. The zero-order valence-electron chi connectivity index (χ0n) is 11.8. The number of rotatable bonds is 4. The molecule has 1 saturated heterocycles. The van der Waals surface area contributed by atoms with Crippen molar-refractivity contribution in [2.24, 2.45) is 0 Å². The molecule has 106 valence electrons. The molecule has 2 rings (SSSR count). The molecule has 0 bridgehead atoms. The Bertz CT molecular complexity index is 425. The van der Waals surface area contributed by atoms with E-state index in [0.29, 0.717) is 13.2 Å². The van der Waals surface area contributed by atoms with Crippen LogP contribution in [0.25, 0.3) is 0 Å². The average molecular weight is 266 g/mol. The fourth-order valence-electron chi connectivity index (χ4n) is 2.09. The number of morpholine rings is 1. The molecule has 1 atom stereocenters. The maximum absolute atomic E-state index is 9.45. The van der Waals surface area contributed by atoms with Crippen molar-refractivity contribution in [3.63, 3.8) is 0 Å². The summed E-state index contributed by atoms with van der Waals surface area (Å²) in [7, 11) is 1.85. The number of aromatic nitrogens is 2. The Morgan fingerprint density at radius 1 is 1.53 bits per heavy atom. The minimum absolute atomic E-state index is 0.0339. The zero-order chi connectivity index (χ0) is 13.8. The SMILES string of the molecule is CNc1cc(N2CCOCC2CO)nc(C(C)C)n1. The first-order chi connectivity index (χ1) is 9.15. The van der Waals surface area contributed by atoms with E-state index in [9.17, 15) is 5.11 Å². The van der Waals surface area contributed by atoms with Crippen LogP contribution < -0.4 is 10.2 Å². The van der Waals surface area contributed by atoms with Crippen LogP contribution >= 0.6 is 0 Å². The Labute approximate surface area is 113 Å². The van der Waals surface area contributed by atoms with Crippen LogP contribution in [0.5, 0.6) is 0 Å². The summed E-state index contributed by atoms with van der Waals surface area (Å²) in [6.45, 7) is 6.14. The maximum atomic E-state index is 9.45. The summed E-state index contributed by atoms with van der Waals surface area (Å²) < 4.78 is 5.40. The number of aliphatic hydroxyl groups excluding tert-OH is 1. The van der Waals surface area contributed by atoms with Gasteiger partial charge in [0.25, 0.3) is 0 Å². The van der Waals surface area contributed by atoms with Crippen molar-refractivity contribution in [3.8, 4) is 0 Å². The Morgan fingerprint density at radius 2 is 2.32 bits per heavy atom. The molecule has 6 heteroatoms. The number of hydrogen-bond acceptors (Lipinski definition) is 6. The molecule has 1 aromatic heterocycles. The van der Waals surface area contributed by atoms with Gasteiger partial charge in [0.05, 0.1) is 25.9 Å². The van der Waals surface area contributed by atoms with Gasteiger partial charge in [-0.3, -0.25) is 0 Å². The van der Waals surface area contributed by atoms with Gasteiger partial charge in [-0.25, -0.2) is 9.97 Å². The van der Waals surface area contributed by atoms with E-state index in [-0.39, 0.29) is 18.6 Å². The van der Waals surface area contributed by atoms with Gasteiger partial charge in [0.2, 0.25) is 0 Å². The lowest BCUT2D eigenvalue weighted by Crippen LogP contribution is -2.48. The molecule has 0 amide bonds. The van der Waals surface area contributed by atoms with Crippen LogP contribution in [0, 0.1) is 0 Å². The second-order valence-electron chi connectivity index (χ2n) is 4.98. The molecule has 1 aliphatic heterocycles. The Balaban J connectivity index is 2.33. The van der Waals surface area contributed by atoms with Crippen LogP contribution in [-0.4, -0.2) is 54.5 Å². The van der Waals surface area contributed by atoms with E-state index in [0.717, 1.165) is 24.0 Å². The number of aliphatic hydroxyl groups is 1. The molecule has 0 spiro atoms. The fraction of sp³-hybridized carbons (Fsp3) is 0.692. The van der Waals surface area contributed by atoms with Gasteiger partial charge in [-0.2, -0.15) is 0 Å². The third-order valence-corrected chi connectivity index (χ3v) is 3.24. The Morgan fingerprint density at radius 3 is 2.95 bits per heavy atom. The first-order valence-corrected chi connectivity index (χ1v) is 6.67. The summed E-state index contributed by atoms with van der Waals surface area (Å²) in [5.74, 6) is 2.73. The smallest absolute Gasteiger partial charge is 0.135 e. The average Bonchev–Trinajstić information content (AvgIpc) is 2.46. The van der Waals surface area contributed by atoms with Crippen molar-refractivity contribution in [2.45, 2.75) is 25.8 Å². The lowest BCUT2D eigenvalue weighted by Gasteiger charge is -2.35. The minimum atomic E-state index is -0.0339. The lowest BCUT2D eigenvalue weighted by molar-refractivity contribution is 0.0722. The van der Waals surface area contributed by atoms with Crippen molar-refractivity contribution in [3.05, 3.63) is 11.9 Å². The second-order valence-corrected chi connectivity index (χ2v) is 4.98. The van der Waals surface area contributed by atoms with Gasteiger partial charge >= 0.3 is 0 Å². The van der Waals surface area contributed by atoms with Crippen molar-refractivity contribution in [2.75, 3.05) is 43.6 Å². The van der Waals surface area contributed by atoms with E-state index in [2.05, 4.69) is 34.0 Å². The summed E-state index contributed by atoms with van der Waals surface area (Å²) in [6, 6.07) is 1.88.